The molecular weight excluding hydrogens is 964 g/mol. The molecule has 8 rings (SSSR count). The highest BCUT2D eigenvalue weighted by molar-refractivity contribution is 7.88. The molecule has 4 aromatic rings. The smallest absolute Gasteiger partial charge is 0.490 e. The number of likely N-dealkylation sites (tertiary alicyclic amines) is 1. The molecule has 0 bridgehead atoms. The number of benzene rings is 3. The first-order chi connectivity index (χ1) is 33.2. The van der Waals surface area contributed by atoms with E-state index in [1.54, 1.807) is 48.5 Å². The minimum atomic E-state index is -3.84. The van der Waals surface area contributed by atoms with Crippen LogP contribution in [0.25, 0.3) is 10.4 Å². The summed E-state index contributed by atoms with van der Waals surface area (Å²) in [6.07, 6.45) is 2.81. The van der Waals surface area contributed by atoms with Crippen LogP contribution in [0.15, 0.2) is 71.7 Å². The van der Waals surface area contributed by atoms with E-state index < -0.39 is 56.9 Å². The number of aryl methyl sites for hydroxylation is 1. The van der Waals surface area contributed by atoms with Crippen molar-refractivity contribution in [2.24, 2.45) is 10.9 Å². The number of fused-ring (bicyclic) bond motifs is 1. The normalized spacial score (nSPS) is 22.2. The second-order valence-corrected chi connectivity index (χ2v) is 22.4. The van der Waals surface area contributed by atoms with E-state index in [4.69, 9.17) is 26.4 Å². The quantitative estimate of drug-likeness (QED) is 0.0497. The van der Waals surface area contributed by atoms with Gasteiger partial charge in [0.15, 0.2) is 17.2 Å². The van der Waals surface area contributed by atoms with Crippen molar-refractivity contribution in [2.75, 3.05) is 38.1 Å². The summed E-state index contributed by atoms with van der Waals surface area (Å²) in [5.74, 6) is -4.24. The third-order valence-electron chi connectivity index (χ3n) is 13.7. The molecule has 3 saturated heterocycles. The zero-order chi connectivity index (χ0) is 50.1. The molecule has 3 unspecified atom stereocenters. The van der Waals surface area contributed by atoms with Crippen molar-refractivity contribution in [2.45, 2.75) is 102 Å². The van der Waals surface area contributed by atoms with E-state index in [1.165, 1.54) is 4.31 Å². The molecule has 3 fully saturated rings. The molecule has 372 valence electrons. The summed E-state index contributed by atoms with van der Waals surface area (Å²) >= 11 is 7.36. The van der Waals surface area contributed by atoms with Gasteiger partial charge in [-0.25, -0.2) is 22.8 Å². The molecule has 0 aliphatic carbocycles. The number of ether oxygens (including phenoxy) is 1. The first-order valence-electron chi connectivity index (χ1n) is 23.3. The zero-order valence-corrected chi connectivity index (χ0v) is 41.2. The predicted octanol–water partition coefficient (Wildman–Crippen LogP) is 7.10. The van der Waals surface area contributed by atoms with Crippen molar-refractivity contribution in [3.05, 3.63) is 109 Å². The van der Waals surface area contributed by atoms with Crippen LogP contribution in [-0.2, 0) is 49.7 Å². The Labute approximate surface area is 414 Å². The maximum Gasteiger partial charge on any atom is 0.490 e. The van der Waals surface area contributed by atoms with Crippen LogP contribution in [-0.4, -0.2) is 122 Å². The number of halogens is 1. The van der Waals surface area contributed by atoms with Gasteiger partial charge in [-0.15, -0.1) is 11.3 Å². The van der Waals surface area contributed by atoms with Gasteiger partial charge in [-0.1, -0.05) is 54.1 Å². The van der Waals surface area contributed by atoms with Crippen LogP contribution in [0.4, 0.5) is 11.4 Å². The van der Waals surface area contributed by atoms with Crippen molar-refractivity contribution < 1.29 is 57.1 Å². The first-order valence-corrected chi connectivity index (χ1v) is 26.1. The number of aromatic carboxylic acids is 1. The predicted molar refractivity (Wildman–Crippen MR) is 262 cm³/mol. The van der Waals surface area contributed by atoms with E-state index in [0.717, 1.165) is 33.7 Å². The van der Waals surface area contributed by atoms with E-state index in [-0.39, 0.29) is 59.4 Å². The number of anilines is 1. The Morgan fingerprint density at radius 3 is 2.51 bits per heavy atom. The molecule has 0 spiro atoms. The topological polar surface area (TPSA) is 246 Å². The molecule has 2 amide bonds. The second-order valence-electron chi connectivity index (χ2n) is 19.1. The number of nitrogens with one attached hydrogen (secondary N) is 1. The average Bonchev–Trinajstić information content (AvgIpc) is 3.84. The first kappa shape index (κ1) is 50.9. The van der Waals surface area contributed by atoms with Gasteiger partial charge >= 0.3 is 17.8 Å². The summed E-state index contributed by atoms with van der Waals surface area (Å²) in [4.78, 5) is 68.1. The summed E-state index contributed by atoms with van der Waals surface area (Å²) < 4.78 is 34.4. The Balaban J connectivity index is 0.826. The van der Waals surface area contributed by atoms with Crippen molar-refractivity contribution in [3.8, 4) is 16.2 Å². The molecule has 3 aromatic carbocycles. The van der Waals surface area contributed by atoms with Crippen LogP contribution >= 0.6 is 22.9 Å². The van der Waals surface area contributed by atoms with Crippen molar-refractivity contribution in [1.82, 2.24) is 9.21 Å². The Morgan fingerprint density at radius 2 is 1.79 bits per heavy atom. The highest BCUT2D eigenvalue weighted by Gasteiger charge is 2.50. The Hall–Kier alpha value is -5.45. The second kappa shape index (κ2) is 20.7. The number of sulfonamides is 1. The standard InChI is InChI=1S/C49H55ClN6O12S2/c1-49(2)25-37(51-36-12-5-9-33(24-36)44-42(50)43(68-28-41(58)59)45(69-44)48(62)63)18-22-55(49)70(66,67)29-30-7-3-11-35(23-30)52-46(60)32-16-20-53(21-17-32)40(57)15-14-31-8-4-10-34-26-56(65,27-38(31)34)39-13-6-19-54(64)47(39)61/h3-5,7-12,23-24,32,39-40,57H,6,13-22,25-29H2,1-2H3,(H2-,52,58,59,60,62,63)/p+1. The lowest BCUT2D eigenvalue weighted by atomic mass is 9.91. The Kier molecular flexibility index (Phi) is 15.1. The van der Waals surface area contributed by atoms with Crippen LogP contribution in [0.5, 0.6) is 5.75 Å². The molecule has 1 aromatic heterocycles. The lowest BCUT2D eigenvalue weighted by Crippen LogP contribution is -2.55. The van der Waals surface area contributed by atoms with Gasteiger partial charge in [0.05, 0.1) is 21.1 Å². The summed E-state index contributed by atoms with van der Waals surface area (Å²) in [6.45, 7) is 4.48. The number of hydrogen-bond donors (Lipinski definition) is 4. The molecule has 4 N–H and O–H groups in total. The van der Waals surface area contributed by atoms with E-state index >= 15 is 0 Å². The highest BCUT2D eigenvalue weighted by atomic mass is 35.5. The van der Waals surface area contributed by atoms with Gasteiger partial charge < -0.3 is 35.2 Å². The number of nitrogens with zero attached hydrogens (tertiary/aromatic N) is 5. The van der Waals surface area contributed by atoms with Crippen LogP contribution in [0.3, 0.4) is 0 Å². The van der Waals surface area contributed by atoms with E-state index in [0.29, 0.717) is 96.6 Å². The van der Waals surface area contributed by atoms with Crippen LogP contribution in [0.1, 0.15) is 90.7 Å². The number of piperidine rings is 3. The van der Waals surface area contributed by atoms with Crippen LogP contribution in [0, 0.1) is 16.0 Å². The largest absolute Gasteiger partial charge is 0.632 e. The minimum Gasteiger partial charge on any atom is -0.632 e. The van der Waals surface area contributed by atoms with Crippen LogP contribution in [0.2, 0.25) is 5.02 Å². The number of aliphatic imine (C=N–C) groups is 1. The number of carbonyl (C=O) groups excluding carboxylic acids is 2. The Bertz CT molecular complexity index is 2860. The van der Waals surface area contributed by atoms with Gasteiger partial charge in [-0.2, -0.15) is 4.31 Å². The highest BCUT2D eigenvalue weighted by Crippen LogP contribution is 2.46. The summed E-state index contributed by atoms with van der Waals surface area (Å²) in [5, 5.41) is 46.8. The number of carboxylic acids is 2. The molecule has 70 heavy (non-hydrogen) atoms. The fraction of sp³-hybridized carbons (Fsp3) is 0.449. The molecule has 5 heterocycles. The fourth-order valence-electron chi connectivity index (χ4n) is 10.3. The van der Waals surface area contributed by atoms with Gasteiger partial charge in [-0.05, 0) is 86.9 Å². The van der Waals surface area contributed by atoms with Crippen molar-refractivity contribution in [1.29, 1.82) is 0 Å². The molecule has 0 radical (unpaired) electrons. The number of aliphatic carboxylic acids is 1. The number of nitroso groups, excluding NO2 is 1. The third kappa shape index (κ3) is 11.2. The number of hydrogen-bond acceptors (Lipinski definition) is 13. The van der Waals surface area contributed by atoms with E-state index in [1.807, 2.05) is 36.9 Å². The van der Waals surface area contributed by atoms with Gasteiger partial charge in [0.2, 0.25) is 28.5 Å². The molecule has 4 aliphatic heterocycles. The lowest BCUT2D eigenvalue weighted by molar-refractivity contribution is -0.921. The monoisotopic (exact) mass is 1020 g/mol. The van der Waals surface area contributed by atoms with Gasteiger partial charge in [0.1, 0.15) is 24.3 Å². The molecule has 18 nitrogen and oxygen atoms in total. The number of hydroxylamine groups is 3. The van der Waals surface area contributed by atoms with E-state index in [9.17, 15) is 47.9 Å². The van der Waals surface area contributed by atoms with E-state index in [2.05, 4.69) is 5.32 Å². The average molecular weight is 1020 g/mol. The number of quaternary nitrogens is 1. The van der Waals surface area contributed by atoms with Gasteiger partial charge in [-0.3, -0.25) is 14.7 Å². The number of amides is 2. The number of carbonyl (C=O) groups is 4. The lowest BCUT2D eigenvalue weighted by Gasteiger charge is -2.43. The number of aliphatic hydroxyl groups excluding tert-OH is 1. The SMILES string of the molecule is CC1(C)CC(=Nc2cccc(-c3sc(C(=O)O)c(OCC(=O)O)c3Cl)c2)CCN1S(=O)(=O)Cc1cccc(NC(=O)C2CCN(C(O)CCc3cccc4c3C[N+]([O-])(C3CCC[N+](=O)C3=O)C4)CC2)c1. The van der Waals surface area contributed by atoms with Gasteiger partial charge in [0, 0.05) is 77.8 Å². The third-order valence-corrected chi connectivity index (χ3v) is 17.4. The summed E-state index contributed by atoms with van der Waals surface area (Å²) in [6, 6.07) is 18.6. The summed E-state index contributed by atoms with van der Waals surface area (Å²) in [7, 11) is -3.84. The zero-order valence-electron chi connectivity index (χ0n) is 38.8. The van der Waals surface area contributed by atoms with Crippen molar-refractivity contribution >= 4 is 73.8 Å². The molecule has 0 saturated carbocycles. The summed E-state index contributed by atoms with van der Waals surface area (Å²) in [5.41, 5.74) is 4.74. The number of thiophene rings is 1. The molecular formula is C49H56ClN6O12S2+. The minimum absolute atomic E-state index is 0.0251. The number of carboxylic acid groups (broad SMARTS) is 2. The Morgan fingerprint density at radius 1 is 1.04 bits per heavy atom. The number of aliphatic hydroxyl groups is 1. The maximum absolute atomic E-state index is 14.0. The van der Waals surface area contributed by atoms with Crippen LogP contribution < -0.4 is 10.1 Å². The molecule has 3 atom stereocenters. The van der Waals surface area contributed by atoms with Gasteiger partial charge in [0.25, 0.3) is 0 Å². The van der Waals surface area contributed by atoms with Crippen molar-refractivity contribution in [3.63, 3.8) is 0 Å². The fourth-order valence-corrected chi connectivity index (χ4v) is 13.6. The number of rotatable bonds is 16. The maximum atomic E-state index is 14.0. The molecule has 21 heteroatoms. The molecule has 4 aliphatic rings.